The summed E-state index contributed by atoms with van der Waals surface area (Å²) in [7, 11) is 2.12. The fourth-order valence-electron chi connectivity index (χ4n) is 3.09. The van der Waals surface area contributed by atoms with Gasteiger partial charge in [-0.15, -0.1) is 0 Å². The summed E-state index contributed by atoms with van der Waals surface area (Å²) in [4.78, 5) is 14.3. The van der Waals surface area contributed by atoms with Gasteiger partial charge >= 0.3 is 0 Å². The zero-order valence-electron chi connectivity index (χ0n) is 9.24. The largest absolute Gasteiger partial charge is 0.305 e. The Hall–Kier alpha value is -0.860. The minimum Gasteiger partial charge on any atom is -0.305 e. The van der Waals surface area contributed by atoms with Crippen molar-refractivity contribution in [2.75, 3.05) is 20.1 Å². The van der Waals surface area contributed by atoms with Crippen LogP contribution >= 0.6 is 11.6 Å². The second-order valence-electron chi connectivity index (χ2n) is 4.95. The summed E-state index contributed by atoms with van der Waals surface area (Å²) in [5, 5.41) is 0.738. The second kappa shape index (κ2) is 3.57. The molecule has 2 atom stereocenters. The van der Waals surface area contributed by atoms with Crippen molar-refractivity contribution in [3.63, 3.8) is 0 Å². The van der Waals surface area contributed by atoms with E-state index in [0.29, 0.717) is 18.3 Å². The van der Waals surface area contributed by atoms with E-state index < -0.39 is 0 Å². The third-order valence-electron chi connectivity index (χ3n) is 3.78. The second-order valence-corrected chi connectivity index (χ2v) is 5.38. The molecule has 1 saturated heterocycles. The van der Waals surface area contributed by atoms with Gasteiger partial charge in [0.15, 0.2) is 5.78 Å². The number of halogens is 1. The number of rotatable bonds is 0. The molecule has 0 N–H and O–H groups in total. The van der Waals surface area contributed by atoms with E-state index in [4.69, 9.17) is 11.6 Å². The average Bonchev–Trinajstić information content (AvgIpc) is 2.59. The van der Waals surface area contributed by atoms with Crippen molar-refractivity contribution >= 4 is 17.4 Å². The molecule has 0 amide bonds. The van der Waals surface area contributed by atoms with E-state index in [1.54, 1.807) is 0 Å². The van der Waals surface area contributed by atoms with Gasteiger partial charge in [-0.3, -0.25) is 4.79 Å². The third-order valence-corrected chi connectivity index (χ3v) is 4.02. The average molecular weight is 236 g/mol. The van der Waals surface area contributed by atoms with E-state index in [-0.39, 0.29) is 5.78 Å². The summed E-state index contributed by atoms with van der Waals surface area (Å²) < 4.78 is 0. The van der Waals surface area contributed by atoms with Crippen LogP contribution in [0, 0.1) is 5.92 Å². The van der Waals surface area contributed by atoms with E-state index in [9.17, 15) is 4.79 Å². The summed E-state index contributed by atoms with van der Waals surface area (Å²) >= 11 is 6.03. The number of hydrogen-bond donors (Lipinski definition) is 0. The van der Waals surface area contributed by atoms with Crippen LogP contribution in [0.25, 0.3) is 0 Å². The summed E-state index contributed by atoms with van der Waals surface area (Å²) in [6.07, 6.45) is 0.698. The van der Waals surface area contributed by atoms with Gasteiger partial charge in [-0.25, -0.2) is 0 Å². The Labute approximate surface area is 100 Å². The molecule has 3 rings (SSSR count). The minimum atomic E-state index is 0.281. The van der Waals surface area contributed by atoms with E-state index in [1.807, 2.05) is 18.2 Å². The summed E-state index contributed by atoms with van der Waals surface area (Å²) in [5.74, 6) is 1.27. The van der Waals surface area contributed by atoms with E-state index in [0.717, 1.165) is 29.2 Å². The molecular formula is C13H14ClNO. The lowest BCUT2D eigenvalue weighted by atomic mass is 9.76. The number of Topliss-reactive ketones (excluding diaryl/α,β-unsaturated/α-hetero) is 1. The number of fused-ring (bicyclic) bond motifs is 3. The first-order valence-electron chi connectivity index (χ1n) is 5.66. The zero-order valence-corrected chi connectivity index (χ0v) is 10.00. The molecule has 84 valence electrons. The predicted molar refractivity (Wildman–Crippen MR) is 64.1 cm³/mol. The summed E-state index contributed by atoms with van der Waals surface area (Å²) in [5.41, 5.74) is 2.05. The van der Waals surface area contributed by atoms with Crippen LogP contribution < -0.4 is 0 Å². The smallest absolute Gasteiger partial charge is 0.163 e. The molecule has 0 saturated carbocycles. The molecule has 0 bridgehead atoms. The quantitative estimate of drug-likeness (QED) is 0.689. The Balaban J connectivity index is 2.10. The SMILES string of the molecule is CN1CC2CC(=O)c3ccc(Cl)cc3C2C1. The summed E-state index contributed by atoms with van der Waals surface area (Å²) in [6, 6.07) is 5.68. The van der Waals surface area contributed by atoms with Crippen LogP contribution in [0.5, 0.6) is 0 Å². The Morgan fingerprint density at radius 3 is 3.00 bits per heavy atom. The molecule has 1 aliphatic heterocycles. The van der Waals surface area contributed by atoms with Gasteiger partial charge in [0.25, 0.3) is 0 Å². The van der Waals surface area contributed by atoms with Crippen LogP contribution in [-0.2, 0) is 0 Å². The first-order chi connectivity index (χ1) is 7.65. The molecule has 1 aliphatic carbocycles. The molecule has 1 aromatic carbocycles. The number of benzene rings is 1. The molecular weight excluding hydrogens is 222 g/mol. The Kier molecular flexibility index (Phi) is 2.30. The highest BCUT2D eigenvalue weighted by Gasteiger charge is 2.39. The maximum atomic E-state index is 12.0. The number of likely N-dealkylation sites (tertiary alicyclic amines) is 1. The molecule has 16 heavy (non-hydrogen) atoms. The normalized spacial score (nSPS) is 29.0. The Morgan fingerprint density at radius 2 is 2.19 bits per heavy atom. The number of hydrogen-bond acceptors (Lipinski definition) is 2. The first kappa shape index (κ1) is 10.3. The zero-order chi connectivity index (χ0) is 11.3. The molecule has 0 radical (unpaired) electrons. The highest BCUT2D eigenvalue weighted by molar-refractivity contribution is 6.30. The first-order valence-corrected chi connectivity index (χ1v) is 6.04. The van der Waals surface area contributed by atoms with E-state index >= 15 is 0 Å². The topological polar surface area (TPSA) is 20.3 Å². The molecule has 0 aromatic heterocycles. The summed E-state index contributed by atoms with van der Waals surface area (Å²) in [6.45, 7) is 2.08. The number of carbonyl (C=O) groups is 1. The van der Waals surface area contributed by atoms with Crippen LogP contribution in [0.15, 0.2) is 18.2 Å². The molecule has 2 nitrogen and oxygen atoms in total. The maximum absolute atomic E-state index is 12.0. The van der Waals surface area contributed by atoms with Gasteiger partial charge in [0.2, 0.25) is 0 Å². The lowest BCUT2D eigenvalue weighted by molar-refractivity contribution is 0.0946. The lowest BCUT2D eigenvalue weighted by Gasteiger charge is -2.26. The van der Waals surface area contributed by atoms with Gasteiger partial charge in [0.1, 0.15) is 0 Å². The van der Waals surface area contributed by atoms with E-state index in [2.05, 4.69) is 11.9 Å². The van der Waals surface area contributed by atoms with Crippen molar-refractivity contribution < 1.29 is 4.79 Å². The molecule has 0 spiro atoms. The predicted octanol–water partition coefficient (Wildman–Crippen LogP) is 2.57. The van der Waals surface area contributed by atoms with Crippen molar-refractivity contribution in [3.8, 4) is 0 Å². The fourth-order valence-corrected chi connectivity index (χ4v) is 3.27. The van der Waals surface area contributed by atoms with Gasteiger partial charge in [0, 0.05) is 36.0 Å². The Bertz CT molecular complexity index is 457. The number of ketones is 1. The van der Waals surface area contributed by atoms with Crippen LogP contribution in [0.4, 0.5) is 0 Å². The Morgan fingerprint density at radius 1 is 1.38 bits per heavy atom. The molecule has 2 aliphatic rings. The molecule has 2 unspecified atom stereocenters. The van der Waals surface area contributed by atoms with Crippen molar-refractivity contribution in [1.82, 2.24) is 4.90 Å². The van der Waals surface area contributed by atoms with Crippen molar-refractivity contribution in [2.45, 2.75) is 12.3 Å². The van der Waals surface area contributed by atoms with E-state index in [1.165, 1.54) is 0 Å². The van der Waals surface area contributed by atoms with Crippen LogP contribution in [0.2, 0.25) is 5.02 Å². The number of likely N-dealkylation sites (N-methyl/N-ethyl adjacent to an activating group) is 1. The number of carbonyl (C=O) groups excluding carboxylic acids is 1. The van der Waals surface area contributed by atoms with Gasteiger partial charge in [-0.2, -0.15) is 0 Å². The lowest BCUT2D eigenvalue weighted by Crippen LogP contribution is -2.23. The van der Waals surface area contributed by atoms with Crippen molar-refractivity contribution in [1.29, 1.82) is 0 Å². The molecule has 3 heteroatoms. The fraction of sp³-hybridized carbons (Fsp3) is 0.462. The molecule has 1 heterocycles. The standard InChI is InChI=1S/C13H14ClNO/c1-15-6-8-4-13(16)10-3-2-9(14)5-11(10)12(8)7-15/h2-3,5,8,12H,4,6-7H2,1H3. The number of nitrogens with zero attached hydrogens (tertiary/aromatic N) is 1. The highest BCUT2D eigenvalue weighted by atomic mass is 35.5. The van der Waals surface area contributed by atoms with Gasteiger partial charge in [-0.1, -0.05) is 11.6 Å². The molecule has 1 aromatic rings. The van der Waals surface area contributed by atoms with Gasteiger partial charge in [0.05, 0.1) is 0 Å². The van der Waals surface area contributed by atoms with Gasteiger partial charge in [-0.05, 0) is 36.7 Å². The van der Waals surface area contributed by atoms with Gasteiger partial charge < -0.3 is 4.90 Å². The minimum absolute atomic E-state index is 0.281. The maximum Gasteiger partial charge on any atom is 0.163 e. The van der Waals surface area contributed by atoms with Crippen LogP contribution in [0.1, 0.15) is 28.3 Å². The van der Waals surface area contributed by atoms with Crippen molar-refractivity contribution in [2.24, 2.45) is 5.92 Å². The van der Waals surface area contributed by atoms with Crippen LogP contribution in [0.3, 0.4) is 0 Å². The molecule has 1 fully saturated rings. The van der Waals surface area contributed by atoms with Crippen LogP contribution in [-0.4, -0.2) is 30.8 Å². The van der Waals surface area contributed by atoms with Crippen molar-refractivity contribution in [3.05, 3.63) is 34.3 Å². The highest BCUT2D eigenvalue weighted by Crippen LogP contribution is 2.41. The third kappa shape index (κ3) is 1.48. The monoisotopic (exact) mass is 235 g/mol.